The van der Waals surface area contributed by atoms with Crippen LogP contribution in [0.5, 0.6) is 0 Å². The van der Waals surface area contributed by atoms with E-state index in [1.165, 1.54) is 25.7 Å². The minimum Gasteiger partial charge on any atom is -0.345 e. The van der Waals surface area contributed by atoms with Crippen molar-refractivity contribution in [2.75, 3.05) is 13.6 Å². The van der Waals surface area contributed by atoms with E-state index in [-0.39, 0.29) is 5.91 Å². The van der Waals surface area contributed by atoms with Crippen molar-refractivity contribution in [1.82, 2.24) is 4.90 Å². The van der Waals surface area contributed by atoms with Crippen molar-refractivity contribution in [1.29, 1.82) is 5.26 Å². The Balaban J connectivity index is 3.39. The fraction of sp³-hybridized carbons (Fsp3) is 0.846. The number of unbranched alkanes of at least 4 members (excludes halogenated alkanes) is 5. The van der Waals surface area contributed by atoms with Crippen LogP contribution >= 0.6 is 0 Å². The zero-order valence-corrected chi connectivity index (χ0v) is 10.7. The summed E-state index contributed by atoms with van der Waals surface area (Å²) in [6, 6.07) is 2.05. The summed E-state index contributed by atoms with van der Waals surface area (Å²) in [4.78, 5) is 13.2. The highest BCUT2D eigenvalue weighted by Gasteiger charge is 2.06. The summed E-state index contributed by atoms with van der Waals surface area (Å²) in [5.74, 6) is 0.172. The third kappa shape index (κ3) is 8.28. The summed E-state index contributed by atoms with van der Waals surface area (Å²) in [5.41, 5.74) is 0. The molecule has 0 saturated carbocycles. The molecule has 0 rings (SSSR count). The highest BCUT2D eigenvalue weighted by Crippen LogP contribution is 2.07. The minimum atomic E-state index is 0.172. The van der Waals surface area contributed by atoms with Crippen molar-refractivity contribution >= 4 is 5.91 Å². The number of hydrogen-bond acceptors (Lipinski definition) is 2. The second kappa shape index (κ2) is 10.5. The van der Waals surface area contributed by atoms with Gasteiger partial charge in [-0.2, -0.15) is 5.26 Å². The summed E-state index contributed by atoms with van der Waals surface area (Å²) in [7, 11) is 1.77. The largest absolute Gasteiger partial charge is 0.345 e. The normalized spacial score (nSPS) is 9.81. The second-order valence-electron chi connectivity index (χ2n) is 4.24. The Bertz CT molecular complexity index is 220. The molecule has 0 aliphatic rings. The maximum absolute atomic E-state index is 11.6. The maximum Gasteiger partial charge on any atom is 0.222 e. The molecule has 0 unspecified atom stereocenters. The fourth-order valence-corrected chi connectivity index (χ4v) is 1.59. The molecular formula is C13H24N2O. The molecule has 0 aromatic carbocycles. The van der Waals surface area contributed by atoms with Crippen molar-refractivity contribution in [3.8, 4) is 6.07 Å². The molecule has 0 N–H and O–H groups in total. The average Bonchev–Trinajstić information content (AvgIpc) is 2.30. The first kappa shape index (κ1) is 15.0. The number of rotatable bonds is 9. The highest BCUT2D eigenvalue weighted by atomic mass is 16.2. The van der Waals surface area contributed by atoms with Crippen LogP contribution in [0.25, 0.3) is 0 Å². The predicted octanol–water partition coefficient (Wildman–Crippen LogP) is 3.11. The zero-order valence-electron chi connectivity index (χ0n) is 10.7. The third-order valence-corrected chi connectivity index (χ3v) is 2.73. The van der Waals surface area contributed by atoms with Gasteiger partial charge in [0, 0.05) is 20.0 Å². The Hall–Kier alpha value is -1.04. The third-order valence-electron chi connectivity index (χ3n) is 2.73. The standard InChI is InChI=1S/C13H24N2O/c1-3-4-5-6-7-8-10-13(16)15(2)12-9-11-14/h3-10,12H2,1-2H3. The SMILES string of the molecule is CCCCCCCCC(=O)N(C)CCC#N. The molecule has 0 aliphatic heterocycles. The summed E-state index contributed by atoms with van der Waals surface area (Å²) in [6.45, 7) is 2.76. The van der Waals surface area contributed by atoms with Gasteiger partial charge in [-0.3, -0.25) is 4.79 Å². The molecule has 0 radical (unpaired) electrons. The van der Waals surface area contributed by atoms with Gasteiger partial charge in [0.2, 0.25) is 5.91 Å². The molecule has 0 aliphatic carbocycles. The quantitative estimate of drug-likeness (QED) is 0.565. The number of nitriles is 1. The van der Waals surface area contributed by atoms with Crippen molar-refractivity contribution in [3.63, 3.8) is 0 Å². The molecular weight excluding hydrogens is 200 g/mol. The van der Waals surface area contributed by atoms with Gasteiger partial charge in [-0.25, -0.2) is 0 Å². The van der Waals surface area contributed by atoms with Crippen LogP contribution in [-0.2, 0) is 4.79 Å². The fourth-order valence-electron chi connectivity index (χ4n) is 1.59. The van der Waals surface area contributed by atoms with Gasteiger partial charge in [-0.05, 0) is 6.42 Å². The van der Waals surface area contributed by atoms with Gasteiger partial charge >= 0.3 is 0 Å². The van der Waals surface area contributed by atoms with Crippen molar-refractivity contribution < 1.29 is 4.79 Å². The summed E-state index contributed by atoms with van der Waals surface area (Å²) in [5, 5.41) is 8.41. The van der Waals surface area contributed by atoms with Crippen LogP contribution in [0.3, 0.4) is 0 Å². The first-order chi connectivity index (χ1) is 7.72. The lowest BCUT2D eigenvalue weighted by molar-refractivity contribution is -0.129. The zero-order chi connectivity index (χ0) is 12.2. The molecule has 0 heterocycles. The van der Waals surface area contributed by atoms with Crippen molar-refractivity contribution in [2.24, 2.45) is 0 Å². The molecule has 0 aromatic rings. The van der Waals surface area contributed by atoms with E-state index in [2.05, 4.69) is 13.0 Å². The Morgan fingerprint density at radius 1 is 1.19 bits per heavy atom. The monoisotopic (exact) mass is 224 g/mol. The van der Waals surface area contributed by atoms with Gasteiger partial charge in [-0.1, -0.05) is 39.0 Å². The summed E-state index contributed by atoms with van der Waals surface area (Å²) >= 11 is 0. The molecule has 0 spiro atoms. The number of nitrogens with zero attached hydrogens (tertiary/aromatic N) is 2. The van der Waals surface area contributed by atoms with E-state index >= 15 is 0 Å². The van der Waals surface area contributed by atoms with E-state index in [0.717, 1.165) is 12.8 Å². The number of amides is 1. The van der Waals surface area contributed by atoms with Crippen LogP contribution in [0, 0.1) is 11.3 Å². The van der Waals surface area contributed by atoms with E-state index in [4.69, 9.17) is 5.26 Å². The lowest BCUT2D eigenvalue weighted by atomic mass is 10.1. The molecule has 0 aromatic heterocycles. The Kier molecular flexibility index (Phi) is 9.80. The minimum absolute atomic E-state index is 0.172. The summed E-state index contributed by atoms with van der Waals surface area (Å²) < 4.78 is 0. The Labute approximate surface area is 99.4 Å². The van der Waals surface area contributed by atoms with Gasteiger partial charge in [0.25, 0.3) is 0 Å². The lowest BCUT2D eigenvalue weighted by Gasteiger charge is -2.15. The topological polar surface area (TPSA) is 44.1 Å². The van der Waals surface area contributed by atoms with Crippen LogP contribution in [0.15, 0.2) is 0 Å². The van der Waals surface area contributed by atoms with Crippen LogP contribution < -0.4 is 0 Å². The Morgan fingerprint density at radius 3 is 2.44 bits per heavy atom. The molecule has 0 fully saturated rings. The highest BCUT2D eigenvalue weighted by molar-refractivity contribution is 5.75. The maximum atomic E-state index is 11.6. The van der Waals surface area contributed by atoms with Gasteiger partial charge in [0.05, 0.1) is 12.5 Å². The molecule has 0 saturated heterocycles. The van der Waals surface area contributed by atoms with Gasteiger partial charge in [-0.15, -0.1) is 0 Å². The van der Waals surface area contributed by atoms with Crippen LogP contribution in [0.1, 0.15) is 58.3 Å². The molecule has 0 bridgehead atoms. The predicted molar refractivity (Wildman–Crippen MR) is 65.9 cm³/mol. The number of carbonyl (C=O) groups excluding carboxylic acids is 1. The molecule has 1 amide bonds. The number of carbonyl (C=O) groups is 1. The van der Waals surface area contributed by atoms with Crippen LogP contribution in [0.2, 0.25) is 0 Å². The number of hydrogen-bond donors (Lipinski definition) is 0. The summed E-state index contributed by atoms with van der Waals surface area (Å²) in [6.07, 6.45) is 8.29. The van der Waals surface area contributed by atoms with Gasteiger partial charge in [0.15, 0.2) is 0 Å². The van der Waals surface area contributed by atoms with Gasteiger partial charge in [0.1, 0.15) is 0 Å². The smallest absolute Gasteiger partial charge is 0.222 e. The molecule has 3 heteroatoms. The van der Waals surface area contributed by atoms with E-state index in [1.54, 1.807) is 11.9 Å². The van der Waals surface area contributed by atoms with Crippen LogP contribution in [-0.4, -0.2) is 24.4 Å². The average molecular weight is 224 g/mol. The van der Waals surface area contributed by atoms with Crippen molar-refractivity contribution in [3.05, 3.63) is 0 Å². The van der Waals surface area contributed by atoms with Crippen LogP contribution in [0.4, 0.5) is 0 Å². The first-order valence-electron chi connectivity index (χ1n) is 6.33. The van der Waals surface area contributed by atoms with E-state index < -0.39 is 0 Å². The molecule has 0 atom stereocenters. The Morgan fingerprint density at radius 2 is 1.81 bits per heavy atom. The molecule has 16 heavy (non-hydrogen) atoms. The van der Waals surface area contributed by atoms with E-state index in [1.807, 2.05) is 0 Å². The van der Waals surface area contributed by atoms with E-state index in [9.17, 15) is 4.79 Å². The second-order valence-corrected chi connectivity index (χ2v) is 4.24. The molecule has 3 nitrogen and oxygen atoms in total. The lowest BCUT2D eigenvalue weighted by Crippen LogP contribution is -2.27. The molecule has 92 valence electrons. The van der Waals surface area contributed by atoms with Crippen molar-refractivity contribution in [2.45, 2.75) is 58.3 Å². The first-order valence-corrected chi connectivity index (χ1v) is 6.33. The van der Waals surface area contributed by atoms with Gasteiger partial charge < -0.3 is 4.90 Å². The van der Waals surface area contributed by atoms with E-state index in [0.29, 0.717) is 19.4 Å².